The van der Waals surface area contributed by atoms with Gasteiger partial charge in [0.1, 0.15) is 5.75 Å². The molecule has 2 aromatic carbocycles. The van der Waals surface area contributed by atoms with Crippen molar-refractivity contribution in [2.24, 2.45) is 5.10 Å². The van der Waals surface area contributed by atoms with Crippen LogP contribution in [0.4, 0.5) is 5.69 Å². The first-order valence-corrected chi connectivity index (χ1v) is 10.3. The lowest BCUT2D eigenvalue weighted by Crippen LogP contribution is -2.17. The molecule has 2 heterocycles. The minimum absolute atomic E-state index is 0.228. The molecule has 0 saturated heterocycles. The van der Waals surface area contributed by atoms with Gasteiger partial charge in [-0.2, -0.15) is 5.10 Å². The first kappa shape index (κ1) is 17.3. The number of hydrogen-bond acceptors (Lipinski definition) is 4. The van der Waals surface area contributed by atoms with E-state index in [1.165, 1.54) is 4.88 Å². The van der Waals surface area contributed by atoms with Crippen LogP contribution in [0, 0.1) is 0 Å². The third-order valence-electron chi connectivity index (χ3n) is 4.35. The Kier molecular flexibility index (Phi) is 5.09. The standard InChI is InChI=1S/C21H19BrN2OS/c1-2-25-18-10-8-15(9-11-18)19-14-20(21-7-4-12-26-21)24(23-19)17-6-3-5-16(22)13-17/h3-13,20H,2,14H2,1H3/t20-/m0/s1. The predicted molar refractivity (Wildman–Crippen MR) is 112 cm³/mol. The van der Waals surface area contributed by atoms with Gasteiger partial charge < -0.3 is 4.74 Å². The lowest BCUT2D eigenvalue weighted by Gasteiger charge is -2.22. The molecule has 0 radical (unpaired) electrons. The molecule has 0 amide bonds. The van der Waals surface area contributed by atoms with Gasteiger partial charge in [0, 0.05) is 15.8 Å². The van der Waals surface area contributed by atoms with E-state index < -0.39 is 0 Å². The summed E-state index contributed by atoms with van der Waals surface area (Å²) in [6, 6.07) is 21.1. The van der Waals surface area contributed by atoms with Crippen molar-refractivity contribution in [2.75, 3.05) is 11.6 Å². The van der Waals surface area contributed by atoms with Crippen molar-refractivity contribution in [1.29, 1.82) is 0 Å². The van der Waals surface area contributed by atoms with E-state index in [4.69, 9.17) is 9.84 Å². The molecular weight excluding hydrogens is 408 g/mol. The Morgan fingerprint density at radius 2 is 2.00 bits per heavy atom. The summed E-state index contributed by atoms with van der Waals surface area (Å²) in [5, 5.41) is 9.25. The quantitative estimate of drug-likeness (QED) is 0.480. The molecule has 0 N–H and O–H groups in total. The Balaban J connectivity index is 1.68. The van der Waals surface area contributed by atoms with Crippen molar-refractivity contribution in [3.8, 4) is 5.75 Å². The van der Waals surface area contributed by atoms with Gasteiger partial charge in [0.25, 0.3) is 0 Å². The lowest BCUT2D eigenvalue weighted by atomic mass is 10.0. The summed E-state index contributed by atoms with van der Waals surface area (Å²) < 4.78 is 6.61. The van der Waals surface area contributed by atoms with E-state index in [1.807, 2.05) is 25.1 Å². The van der Waals surface area contributed by atoms with Crippen LogP contribution in [0.3, 0.4) is 0 Å². The van der Waals surface area contributed by atoms with Gasteiger partial charge in [-0.15, -0.1) is 11.3 Å². The molecule has 0 saturated carbocycles. The minimum Gasteiger partial charge on any atom is -0.494 e. The number of thiophene rings is 1. The number of hydrazone groups is 1. The monoisotopic (exact) mass is 426 g/mol. The van der Waals surface area contributed by atoms with E-state index in [1.54, 1.807) is 11.3 Å². The molecule has 1 atom stereocenters. The first-order chi connectivity index (χ1) is 12.7. The number of nitrogens with zero attached hydrogens (tertiary/aromatic N) is 2. The van der Waals surface area contributed by atoms with Crippen LogP contribution in [0.25, 0.3) is 0 Å². The smallest absolute Gasteiger partial charge is 0.119 e. The van der Waals surface area contributed by atoms with Gasteiger partial charge in [0.15, 0.2) is 0 Å². The van der Waals surface area contributed by atoms with Crippen molar-refractivity contribution >= 4 is 38.7 Å². The summed E-state index contributed by atoms with van der Waals surface area (Å²) in [5.41, 5.74) is 3.35. The number of halogens is 1. The molecule has 0 bridgehead atoms. The molecule has 1 aromatic heterocycles. The van der Waals surface area contributed by atoms with Gasteiger partial charge in [-0.3, -0.25) is 5.01 Å². The number of ether oxygens (including phenoxy) is 1. The average molecular weight is 427 g/mol. The summed E-state index contributed by atoms with van der Waals surface area (Å²) in [5.74, 6) is 0.897. The molecule has 3 nitrogen and oxygen atoms in total. The molecule has 5 heteroatoms. The number of anilines is 1. The average Bonchev–Trinajstić information content (AvgIpc) is 3.32. The van der Waals surface area contributed by atoms with Crippen LogP contribution in [0.15, 0.2) is 75.6 Å². The van der Waals surface area contributed by atoms with Gasteiger partial charge >= 0.3 is 0 Å². The second-order valence-electron chi connectivity index (χ2n) is 6.06. The number of hydrogen-bond donors (Lipinski definition) is 0. The Labute approximate surface area is 166 Å². The molecule has 0 aliphatic carbocycles. The van der Waals surface area contributed by atoms with Gasteiger partial charge in [0.2, 0.25) is 0 Å². The highest BCUT2D eigenvalue weighted by Gasteiger charge is 2.30. The molecular formula is C21H19BrN2OS. The van der Waals surface area contributed by atoms with Crippen molar-refractivity contribution in [3.05, 3.63) is 81.0 Å². The van der Waals surface area contributed by atoms with E-state index >= 15 is 0 Å². The zero-order valence-electron chi connectivity index (χ0n) is 14.4. The fourth-order valence-corrected chi connectivity index (χ4v) is 4.35. The van der Waals surface area contributed by atoms with Crippen molar-refractivity contribution < 1.29 is 4.74 Å². The Morgan fingerprint density at radius 1 is 1.15 bits per heavy atom. The van der Waals surface area contributed by atoms with E-state index in [2.05, 4.69) is 68.8 Å². The van der Waals surface area contributed by atoms with Crippen molar-refractivity contribution in [1.82, 2.24) is 0 Å². The third-order valence-corrected chi connectivity index (χ3v) is 5.82. The lowest BCUT2D eigenvalue weighted by molar-refractivity contribution is 0.340. The van der Waals surface area contributed by atoms with Crippen LogP contribution in [0.2, 0.25) is 0 Å². The van der Waals surface area contributed by atoms with E-state index in [9.17, 15) is 0 Å². The molecule has 0 spiro atoms. The van der Waals surface area contributed by atoms with Crippen LogP contribution >= 0.6 is 27.3 Å². The Bertz CT molecular complexity index is 906. The molecule has 3 aromatic rings. The Hall–Kier alpha value is -2.11. The summed E-state index contributed by atoms with van der Waals surface area (Å²) >= 11 is 5.36. The van der Waals surface area contributed by atoms with Gasteiger partial charge in [-0.05, 0) is 66.4 Å². The maximum atomic E-state index is 5.55. The van der Waals surface area contributed by atoms with Crippen molar-refractivity contribution in [3.63, 3.8) is 0 Å². The molecule has 1 aliphatic heterocycles. The highest BCUT2D eigenvalue weighted by molar-refractivity contribution is 9.10. The van der Waals surface area contributed by atoms with Crippen LogP contribution < -0.4 is 9.75 Å². The van der Waals surface area contributed by atoms with Crippen LogP contribution in [-0.4, -0.2) is 12.3 Å². The SMILES string of the molecule is CCOc1ccc(C2=NN(c3cccc(Br)c3)[C@H](c3cccs3)C2)cc1. The van der Waals surface area contributed by atoms with Crippen molar-refractivity contribution in [2.45, 2.75) is 19.4 Å². The second-order valence-corrected chi connectivity index (χ2v) is 7.96. The zero-order valence-corrected chi connectivity index (χ0v) is 16.8. The van der Waals surface area contributed by atoms with Crippen LogP contribution in [-0.2, 0) is 0 Å². The number of rotatable bonds is 5. The largest absolute Gasteiger partial charge is 0.494 e. The minimum atomic E-state index is 0.228. The fourth-order valence-electron chi connectivity index (χ4n) is 3.15. The predicted octanol–water partition coefficient (Wildman–Crippen LogP) is 6.27. The summed E-state index contributed by atoms with van der Waals surface area (Å²) in [6.45, 7) is 2.67. The molecule has 26 heavy (non-hydrogen) atoms. The van der Waals surface area contributed by atoms with Gasteiger partial charge in [0.05, 0.1) is 24.0 Å². The molecule has 4 rings (SSSR count). The van der Waals surface area contributed by atoms with Crippen LogP contribution in [0.5, 0.6) is 5.75 Å². The maximum Gasteiger partial charge on any atom is 0.119 e. The molecule has 1 aliphatic rings. The molecule has 132 valence electrons. The number of benzene rings is 2. The van der Waals surface area contributed by atoms with E-state index in [0.29, 0.717) is 6.61 Å². The molecule has 0 fully saturated rings. The topological polar surface area (TPSA) is 24.8 Å². The zero-order chi connectivity index (χ0) is 17.9. The fraction of sp³-hybridized carbons (Fsp3) is 0.190. The van der Waals surface area contributed by atoms with E-state index in [-0.39, 0.29) is 6.04 Å². The van der Waals surface area contributed by atoms with Gasteiger partial charge in [-0.1, -0.05) is 28.1 Å². The summed E-state index contributed by atoms with van der Waals surface area (Å²) in [7, 11) is 0. The first-order valence-electron chi connectivity index (χ1n) is 8.63. The second kappa shape index (κ2) is 7.64. The highest BCUT2D eigenvalue weighted by atomic mass is 79.9. The van der Waals surface area contributed by atoms with E-state index in [0.717, 1.165) is 33.6 Å². The van der Waals surface area contributed by atoms with Gasteiger partial charge in [-0.25, -0.2) is 0 Å². The van der Waals surface area contributed by atoms with Crippen LogP contribution in [0.1, 0.15) is 29.8 Å². The third kappa shape index (κ3) is 3.55. The maximum absolute atomic E-state index is 5.55. The Morgan fingerprint density at radius 3 is 2.69 bits per heavy atom. The normalized spacial score (nSPS) is 16.6. The highest BCUT2D eigenvalue weighted by Crippen LogP contribution is 2.39. The summed E-state index contributed by atoms with van der Waals surface area (Å²) in [6.07, 6.45) is 0.890. The molecule has 0 unspecified atom stereocenters. The summed E-state index contributed by atoms with van der Waals surface area (Å²) in [4.78, 5) is 1.33.